The number of rotatable bonds is 3. The van der Waals surface area contributed by atoms with Gasteiger partial charge in [-0.05, 0) is 6.68 Å². The highest BCUT2D eigenvalue weighted by atomic mass is 12.4. The van der Waals surface area contributed by atoms with Gasteiger partial charge in [0.05, 0.1) is 15.4 Å². The Labute approximate surface area is 37.4 Å². The van der Waals surface area contributed by atoms with Crippen molar-refractivity contribution in [2.75, 3.05) is 0 Å². The van der Waals surface area contributed by atoms with E-state index in [-0.39, 0.29) is 7.70 Å². The zero-order chi connectivity index (χ0) is 7.44. The molecule has 0 aliphatic carbocycles. The quantitative estimate of drug-likeness (QED) is 0.302. The lowest BCUT2D eigenvalue weighted by molar-refractivity contribution is 4.14. The third kappa shape index (κ3) is 2.26. The van der Waals surface area contributed by atoms with Gasteiger partial charge in [-0.25, -0.2) is 0 Å². The fraction of sp³-hybridized carbons (Fsp3) is 0. The van der Waals surface area contributed by atoms with Gasteiger partial charge in [-0.15, -0.1) is 0 Å². The molecule has 0 nitrogen and oxygen atoms in total. The highest BCUT2D eigenvalue weighted by Gasteiger charge is 1.67. The van der Waals surface area contributed by atoms with E-state index < -0.39 is 21.7 Å². The van der Waals surface area contributed by atoms with Crippen LogP contribution in [0.3, 0.4) is 0 Å². The molecule has 4 heteroatoms. The van der Waals surface area contributed by atoms with Gasteiger partial charge in [0.15, 0.2) is 0 Å². The molecule has 0 rings (SSSR count). The fourth-order valence-corrected chi connectivity index (χ4v) is 0. The van der Waals surface area contributed by atoms with Gasteiger partial charge in [0.2, 0.25) is 0 Å². The van der Waals surface area contributed by atoms with Crippen molar-refractivity contribution in [2.45, 2.75) is 0 Å². The second-order valence-corrected chi connectivity index (χ2v) is 0.428. The van der Waals surface area contributed by atoms with E-state index in [0.717, 1.165) is 0 Å². The van der Waals surface area contributed by atoms with E-state index in [0.29, 0.717) is 0 Å². The minimum atomic E-state index is -1.29. The molecule has 0 aliphatic heterocycles. The molecule has 0 heterocycles. The number of hydrogen-bond acceptors (Lipinski definition) is 0. The largest absolute Gasteiger partial charge is 0.0598 e. The van der Waals surface area contributed by atoms with Crippen LogP contribution in [0.25, 0.3) is 0 Å². The van der Waals surface area contributed by atoms with Crippen LogP contribution in [-0.4, -0.2) is 36.1 Å². The molecule has 0 N–H and O–H groups in total. The Morgan fingerprint density at radius 2 is 3.00 bits per heavy atom. The van der Waals surface area contributed by atoms with Crippen LogP contribution < -0.4 is 0 Å². The Bertz CT molecular complexity index is 73.4. The Morgan fingerprint density at radius 3 is 3.25 bits per heavy atom. The molecule has 0 atom stereocenters. The average molecular weight is 59.3 g/mol. The maximum atomic E-state index is 6.95. The molecule has 0 unspecified atom stereocenters. The van der Waals surface area contributed by atoms with Gasteiger partial charge in [-0.2, -0.15) is 0 Å². The lowest BCUT2D eigenvalue weighted by atomic mass is 9.19. The SMILES string of the molecule is [3H]BB([3H])B([3H])B([3H])[3H]. The van der Waals surface area contributed by atoms with Crippen LogP contribution in [0.5, 0.6) is 0 Å². The van der Waals surface area contributed by atoms with Crippen molar-refractivity contribution in [2.24, 2.45) is 0 Å². The van der Waals surface area contributed by atoms with E-state index in [9.17, 15) is 0 Å². The lowest BCUT2D eigenvalue weighted by Crippen LogP contribution is -2.00. The van der Waals surface area contributed by atoms with Gasteiger partial charge in [-0.3, -0.25) is 0 Å². The smallest absolute Gasteiger partial charge is 0.0375 e. The highest BCUT2D eigenvalue weighted by molar-refractivity contribution is 7.37. The van der Waals surface area contributed by atoms with Gasteiger partial charge in [-0.1, -0.05) is 0 Å². The minimum Gasteiger partial charge on any atom is -0.0375 e. The van der Waals surface area contributed by atoms with Gasteiger partial charge >= 0.3 is 0 Å². The summed E-state index contributed by atoms with van der Waals surface area (Å²) in [7, 11) is -3.44. The first-order chi connectivity index (χ1) is 4.09. The molecular formula is H6B4. The van der Waals surface area contributed by atoms with Crippen LogP contribution in [0, 0.1) is 0 Å². The molecule has 18 valence electrons. The molecule has 0 saturated heterocycles. The molecule has 0 bridgehead atoms. The van der Waals surface area contributed by atoms with E-state index in [1.807, 2.05) is 0 Å². The second kappa shape index (κ2) is 3.26. The summed E-state index contributed by atoms with van der Waals surface area (Å²) in [5.74, 6) is 0. The van der Waals surface area contributed by atoms with Crippen LogP contribution in [-0.2, 0) is 0 Å². The van der Waals surface area contributed by atoms with Crippen molar-refractivity contribution in [1.29, 1.82) is 6.68 Å². The summed E-state index contributed by atoms with van der Waals surface area (Å²) in [6, 6.07) is 0. The monoisotopic (exact) mass is 60.1 g/mol. The van der Waals surface area contributed by atoms with Gasteiger partial charge in [0.25, 0.3) is 0 Å². The molecule has 0 amide bonds. The van der Waals surface area contributed by atoms with Crippen molar-refractivity contribution in [3.05, 3.63) is 0 Å². The van der Waals surface area contributed by atoms with Gasteiger partial charge in [0, 0.05) is 14.0 Å². The second-order valence-electron chi connectivity index (χ2n) is 0.428. The molecule has 0 aromatic heterocycles. The summed E-state index contributed by atoms with van der Waals surface area (Å²) in [4.78, 5) is 0. The molecule has 0 spiro atoms. The first-order valence-corrected chi connectivity index (χ1v) is 1.07. The van der Waals surface area contributed by atoms with Crippen LogP contribution in [0.1, 0.15) is 0 Å². The standard InChI is InChI=1S/B4H6/c1-3-4-2/h3-4H,1-2H2/i1T,2T2,3T,4T. The zero-order valence-electron chi connectivity index (χ0n) is 7.44. The maximum absolute atomic E-state index is 6.95. The Kier molecular flexibility index (Phi) is 0.541. The molecule has 4 heavy (non-hydrogen) atoms. The molecule has 0 saturated carbocycles. The zero-order valence-corrected chi connectivity index (χ0v) is 2.44. The predicted octanol–water partition coefficient (Wildman–Crippen LogP) is -3.13. The summed E-state index contributed by atoms with van der Waals surface area (Å²) >= 11 is 0. The normalized spacial score (nSPS) is 20.5. The molecule has 0 aliphatic rings. The molecule has 0 aromatic rings. The Balaban J connectivity index is 3.58. The van der Waals surface area contributed by atoms with E-state index in [2.05, 4.69) is 0 Å². The average Bonchev–Trinajstić information content (AvgIpc) is 1.84. The van der Waals surface area contributed by atoms with Crippen LogP contribution in [0.2, 0.25) is 0 Å². The molecule has 0 fully saturated rings. The van der Waals surface area contributed by atoms with Crippen LogP contribution >= 0.6 is 0 Å². The van der Waals surface area contributed by atoms with Crippen LogP contribution in [0.15, 0.2) is 0 Å². The van der Waals surface area contributed by atoms with E-state index >= 15 is 0 Å². The number of hydrogen-bond donors (Lipinski definition) is 0. The van der Waals surface area contributed by atoms with E-state index in [4.69, 9.17) is 6.68 Å². The third-order valence-corrected chi connectivity index (χ3v) is 0.136. The molecule has 0 aromatic carbocycles. The Hall–Kier alpha value is 0.260. The maximum Gasteiger partial charge on any atom is 0.0598 e. The highest BCUT2D eigenvalue weighted by Crippen LogP contribution is 1.24. The third-order valence-electron chi connectivity index (χ3n) is 0.136. The molecular weight excluding hydrogens is 43.2 g/mol. The van der Waals surface area contributed by atoms with Crippen molar-refractivity contribution >= 4 is 29.4 Å². The van der Waals surface area contributed by atoms with E-state index in [1.165, 1.54) is 0 Å². The summed E-state index contributed by atoms with van der Waals surface area (Å²) in [5.41, 5.74) is 0. The first kappa shape index (κ1) is 0.663. The van der Waals surface area contributed by atoms with Gasteiger partial charge < -0.3 is 0 Å². The minimum absolute atomic E-state index is 0.192. The molecule has 0 radical (unpaired) electrons. The van der Waals surface area contributed by atoms with Crippen molar-refractivity contribution in [3.8, 4) is 0 Å². The van der Waals surface area contributed by atoms with Crippen molar-refractivity contribution in [3.63, 3.8) is 0 Å². The van der Waals surface area contributed by atoms with Crippen LogP contribution in [0.4, 0.5) is 0 Å². The fourth-order valence-electron chi connectivity index (χ4n) is 0. The lowest BCUT2D eigenvalue weighted by Gasteiger charge is -1.57. The Morgan fingerprint density at radius 1 is 2.00 bits per heavy atom. The summed E-state index contributed by atoms with van der Waals surface area (Å²) < 4.78 is 33.9. The van der Waals surface area contributed by atoms with E-state index in [1.54, 1.807) is 0 Å². The van der Waals surface area contributed by atoms with Crippen molar-refractivity contribution in [1.82, 2.24) is 0 Å². The predicted molar refractivity (Wildman–Crippen MR) is 31.4 cm³/mol. The summed E-state index contributed by atoms with van der Waals surface area (Å²) in [6.45, 7) is 0. The van der Waals surface area contributed by atoms with Crippen molar-refractivity contribution < 1.29 is 0 Å². The topological polar surface area (TPSA) is 0 Å². The van der Waals surface area contributed by atoms with Gasteiger partial charge in [0.1, 0.15) is 0 Å². The summed E-state index contributed by atoms with van der Waals surface area (Å²) in [5, 5.41) is 0. The summed E-state index contributed by atoms with van der Waals surface area (Å²) in [6.07, 6.45) is 0. The first-order valence-electron chi connectivity index (χ1n) is 4.09.